The molecule has 0 N–H and O–H groups in total. The molecule has 0 saturated heterocycles. The van der Waals surface area contributed by atoms with E-state index in [1.54, 1.807) is 6.33 Å². The minimum absolute atomic E-state index is 0.580. The molecule has 1 aromatic carbocycles. The molecule has 19 heavy (non-hydrogen) atoms. The Hall–Kier alpha value is -1.61. The summed E-state index contributed by atoms with van der Waals surface area (Å²) in [5.74, 6) is 0.965. The minimum atomic E-state index is 0.580. The molecule has 3 nitrogen and oxygen atoms in total. The van der Waals surface area contributed by atoms with Crippen molar-refractivity contribution in [2.45, 2.75) is 26.2 Å². The Morgan fingerprint density at radius 2 is 2.11 bits per heavy atom. The molecular weight excluding hydrogens is 258 g/mol. The summed E-state index contributed by atoms with van der Waals surface area (Å²) in [5.41, 5.74) is 3.68. The SMILES string of the molecule is CCCc1c(Cl)ncnc1N1CCc2ccccc21. The van der Waals surface area contributed by atoms with E-state index in [9.17, 15) is 0 Å². The zero-order valence-electron chi connectivity index (χ0n) is 10.9. The van der Waals surface area contributed by atoms with Gasteiger partial charge in [0.25, 0.3) is 0 Å². The summed E-state index contributed by atoms with van der Waals surface area (Å²) >= 11 is 6.24. The van der Waals surface area contributed by atoms with E-state index in [2.05, 4.69) is 46.1 Å². The molecule has 4 heteroatoms. The van der Waals surface area contributed by atoms with Crippen LogP contribution in [0.3, 0.4) is 0 Å². The van der Waals surface area contributed by atoms with Crippen molar-refractivity contribution in [3.05, 3.63) is 46.9 Å². The number of benzene rings is 1. The van der Waals surface area contributed by atoms with Crippen LogP contribution in [-0.4, -0.2) is 16.5 Å². The molecule has 2 heterocycles. The highest BCUT2D eigenvalue weighted by Gasteiger charge is 2.24. The van der Waals surface area contributed by atoms with Gasteiger partial charge >= 0.3 is 0 Å². The smallest absolute Gasteiger partial charge is 0.141 e. The predicted octanol–water partition coefficient (Wildman–Crippen LogP) is 3.78. The van der Waals surface area contributed by atoms with E-state index in [1.807, 2.05) is 0 Å². The molecule has 0 spiro atoms. The topological polar surface area (TPSA) is 29.0 Å². The van der Waals surface area contributed by atoms with Crippen molar-refractivity contribution in [1.29, 1.82) is 0 Å². The molecule has 0 radical (unpaired) electrons. The van der Waals surface area contributed by atoms with Crippen molar-refractivity contribution in [2.75, 3.05) is 11.4 Å². The van der Waals surface area contributed by atoms with Crippen molar-refractivity contribution in [2.24, 2.45) is 0 Å². The van der Waals surface area contributed by atoms with Gasteiger partial charge in [0.1, 0.15) is 17.3 Å². The molecule has 0 atom stereocenters. The van der Waals surface area contributed by atoms with Gasteiger partial charge < -0.3 is 4.90 Å². The van der Waals surface area contributed by atoms with Gasteiger partial charge in [-0.3, -0.25) is 0 Å². The van der Waals surface area contributed by atoms with Crippen LogP contribution < -0.4 is 4.90 Å². The first-order valence-corrected chi connectivity index (χ1v) is 7.04. The number of hydrogen-bond donors (Lipinski definition) is 0. The fraction of sp³-hybridized carbons (Fsp3) is 0.333. The Morgan fingerprint density at radius 1 is 1.26 bits per heavy atom. The first-order chi connectivity index (χ1) is 9.31. The highest BCUT2D eigenvalue weighted by molar-refractivity contribution is 6.30. The van der Waals surface area contributed by atoms with Crippen LogP contribution >= 0.6 is 11.6 Å². The second kappa shape index (κ2) is 5.17. The molecule has 0 bridgehead atoms. The first-order valence-electron chi connectivity index (χ1n) is 6.66. The van der Waals surface area contributed by atoms with Crippen LogP contribution in [0, 0.1) is 0 Å². The monoisotopic (exact) mass is 273 g/mol. The molecule has 3 rings (SSSR count). The highest BCUT2D eigenvalue weighted by Crippen LogP contribution is 2.36. The van der Waals surface area contributed by atoms with Crippen molar-refractivity contribution in [3.63, 3.8) is 0 Å². The van der Waals surface area contributed by atoms with Gasteiger partial charge in [-0.25, -0.2) is 9.97 Å². The summed E-state index contributed by atoms with van der Waals surface area (Å²) in [7, 11) is 0. The number of hydrogen-bond acceptors (Lipinski definition) is 3. The lowest BCUT2D eigenvalue weighted by Gasteiger charge is -2.21. The largest absolute Gasteiger partial charge is 0.325 e. The number of rotatable bonds is 3. The summed E-state index contributed by atoms with van der Waals surface area (Å²) in [5, 5.41) is 0.580. The summed E-state index contributed by atoms with van der Waals surface area (Å²) in [4.78, 5) is 10.8. The Morgan fingerprint density at radius 3 is 2.95 bits per heavy atom. The van der Waals surface area contributed by atoms with Gasteiger partial charge in [-0.1, -0.05) is 43.1 Å². The summed E-state index contributed by atoms with van der Waals surface area (Å²) in [6.45, 7) is 3.11. The first kappa shape index (κ1) is 12.4. The molecule has 0 unspecified atom stereocenters. The van der Waals surface area contributed by atoms with Gasteiger partial charge in [-0.2, -0.15) is 0 Å². The van der Waals surface area contributed by atoms with Crippen molar-refractivity contribution < 1.29 is 0 Å². The van der Waals surface area contributed by atoms with Crippen LogP contribution in [0.5, 0.6) is 0 Å². The number of fused-ring (bicyclic) bond motifs is 1. The fourth-order valence-corrected chi connectivity index (χ4v) is 2.86. The molecule has 98 valence electrons. The zero-order chi connectivity index (χ0) is 13.2. The maximum atomic E-state index is 6.24. The van der Waals surface area contributed by atoms with E-state index in [1.165, 1.54) is 11.3 Å². The van der Waals surface area contributed by atoms with Gasteiger partial charge in [0.05, 0.1) is 0 Å². The second-order valence-electron chi connectivity index (χ2n) is 4.75. The van der Waals surface area contributed by atoms with Gasteiger partial charge in [0.15, 0.2) is 0 Å². The molecule has 1 aliphatic rings. The molecule has 0 aliphatic carbocycles. The van der Waals surface area contributed by atoms with Crippen LogP contribution in [-0.2, 0) is 12.8 Å². The molecule has 0 amide bonds. The van der Waals surface area contributed by atoms with Crippen molar-refractivity contribution in [3.8, 4) is 0 Å². The molecular formula is C15H16ClN3. The Bertz CT molecular complexity index is 598. The number of aromatic nitrogens is 2. The quantitative estimate of drug-likeness (QED) is 0.797. The van der Waals surface area contributed by atoms with Crippen molar-refractivity contribution >= 4 is 23.1 Å². The fourth-order valence-electron chi connectivity index (χ4n) is 2.64. The summed E-state index contributed by atoms with van der Waals surface area (Å²) in [6, 6.07) is 8.48. The third-order valence-electron chi connectivity index (χ3n) is 3.51. The minimum Gasteiger partial charge on any atom is -0.325 e. The van der Waals surface area contributed by atoms with Crippen LogP contribution in [0.2, 0.25) is 5.15 Å². The summed E-state index contributed by atoms with van der Waals surface area (Å²) < 4.78 is 0. The number of nitrogens with zero attached hydrogens (tertiary/aromatic N) is 3. The second-order valence-corrected chi connectivity index (χ2v) is 5.11. The highest BCUT2D eigenvalue weighted by atomic mass is 35.5. The third kappa shape index (κ3) is 2.19. The van der Waals surface area contributed by atoms with Gasteiger partial charge in [-0.15, -0.1) is 0 Å². The average molecular weight is 274 g/mol. The average Bonchev–Trinajstić information content (AvgIpc) is 2.85. The van der Waals surface area contributed by atoms with E-state index in [0.29, 0.717) is 5.15 Å². The molecule has 0 saturated carbocycles. The van der Waals surface area contributed by atoms with Gasteiger partial charge in [0, 0.05) is 17.8 Å². The van der Waals surface area contributed by atoms with E-state index < -0.39 is 0 Å². The normalized spacial score (nSPS) is 13.7. The number of anilines is 2. The molecule has 2 aromatic rings. The van der Waals surface area contributed by atoms with Crippen LogP contribution in [0.15, 0.2) is 30.6 Å². The van der Waals surface area contributed by atoms with Crippen LogP contribution in [0.1, 0.15) is 24.5 Å². The van der Waals surface area contributed by atoms with Crippen LogP contribution in [0.4, 0.5) is 11.5 Å². The molecule has 1 aliphatic heterocycles. The van der Waals surface area contributed by atoms with E-state index in [4.69, 9.17) is 11.6 Å². The lowest BCUT2D eigenvalue weighted by Crippen LogP contribution is -2.17. The lowest BCUT2D eigenvalue weighted by atomic mass is 10.1. The Balaban J connectivity index is 2.07. The number of halogens is 1. The molecule has 1 aromatic heterocycles. The Kier molecular flexibility index (Phi) is 3.38. The van der Waals surface area contributed by atoms with Crippen molar-refractivity contribution in [1.82, 2.24) is 9.97 Å². The maximum absolute atomic E-state index is 6.24. The van der Waals surface area contributed by atoms with E-state index >= 15 is 0 Å². The summed E-state index contributed by atoms with van der Waals surface area (Å²) in [6.07, 6.45) is 4.56. The van der Waals surface area contributed by atoms with Crippen LogP contribution in [0.25, 0.3) is 0 Å². The third-order valence-corrected chi connectivity index (χ3v) is 3.84. The van der Waals surface area contributed by atoms with Gasteiger partial charge in [0.2, 0.25) is 0 Å². The standard InChI is InChI=1S/C15H16ClN3/c1-2-5-12-14(16)17-10-18-15(12)19-9-8-11-6-3-4-7-13(11)19/h3-4,6-7,10H,2,5,8-9H2,1H3. The Labute approximate surface area is 118 Å². The zero-order valence-corrected chi connectivity index (χ0v) is 11.7. The number of para-hydroxylation sites is 1. The van der Waals surface area contributed by atoms with E-state index in [0.717, 1.165) is 37.2 Å². The lowest BCUT2D eigenvalue weighted by molar-refractivity contribution is 0.876. The molecule has 0 fully saturated rings. The predicted molar refractivity (Wildman–Crippen MR) is 78.2 cm³/mol. The maximum Gasteiger partial charge on any atom is 0.141 e. The van der Waals surface area contributed by atoms with E-state index in [-0.39, 0.29) is 0 Å². The van der Waals surface area contributed by atoms with Gasteiger partial charge in [-0.05, 0) is 24.5 Å².